The zero-order valence-electron chi connectivity index (χ0n) is 13.9. The van der Waals surface area contributed by atoms with Crippen LogP contribution in [0.3, 0.4) is 0 Å². The highest BCUT2D eigenvalue weighted by molar-refractivity contribution is 7.13. The number of rotatable bonds is 4. The molecule has 128 valence electrons. The number of carbonyl (C=O) groups is 1. The summed E-state index contributed by atoms with van der Waals surface area (Å²) in [7, 11) is 0. The Kier molecular flexibility index (Phi) is 4.23. The molecule has 0 atom stereocenters. The summed E-state index contributed by atoms with van der Waals surface area (Å²) in [4.78, 5) is 18.5. The first-order valence-corrected chi connectivity index (χ1v) is 9.11. The number of thiazole rings is 1. The third-order valence-electron chi connectivity index (χ3n) is 4.42. The molecule has 25 heavy (non-hydrogen) atoms. The van der Waals surface area contributed by atoms with Crippen molar-refractivity contribution >= 4 is 23.1 Å². The minimum atomic E-state index is -0.0839. The number of anilines is 1. The summed E-state index contributed by atoms with van der Waals surface area (Å²) >= 11 is 1.51. The van der Waals surface area contributed by atoms with E-state index >= 15 is 0 Å². The van der Waals surface area contributed by atoms with Crippen LogP contribution in [-0.2, 0) is 6.42 Å². The predicted octanol–water partition coefficient (Wildman–Crippen LogP) is 3.55. The second kappa shape index (κ2) is 6.68. The summed E-state index contributed by atoms with van der Waals surface area (Å²) in [5.41, 5.74) is 4.02. The molecule has 1 fully saturated rings. The van der Waals surface area contributed by atoms with Gasteiger partial charge in [0.1, 0.15) is 10.7 Å². The van der Waals surface area contributed by atoms with E-state index in [0.29, 0.717) is 11.6 Å². The molecular weight excluding hydrogens is 334 g/mol. The highest BCUT2D eigenvalue weighted by Crippen LogP contribution is 2.28. The lowest BCUT2D eigenvalue weighted by Gasteiger charge is -2.39. The Morgan fingerprint density at radius 2 is 2.16 bits per heavy atom. The Balaban J connectivity index is 1.32. The van der Waals surface area contributed by atoms with E-state index in [1.165, 1.54) is 22.5 Å². The van der Waals surface area contributed by atoms with Crippen molar-refractivity contribution in [2.45, 2.75) is 13.3 Å². The van der Waals surface area contributed by atoms with Crippen LogP contribution < -0.4 is 5.32 Å². The predicted molar refractivity (Wildman–Crippen MR) is 98.7 cm³/mol. The molecule has 1 aliphatic heterocycles. The van der Waals surface area contributed by atoms with Gasteiger partial charge in [0, 0.05) is 24.7 Å². The van der Waals surface area contributed by atoms with Gasteiger partial charge in [0.15, 0.2) is 0 Å². The zero-order valence-corrected chi connectivity index (χ0v) is 14.7. The molecule has 0 saturated carbocycles. The van der Waals surface area contributed by atoms with Crippen LogP contribution in [0.2, 0.25) is 0 Å². The van der Waals surface area contributed by atoms with Crippen molar-refractivity contribution in [3.05, 3.63) is 53.2 Å². The van der Waals surface area contributed by atoms with E-state index in [0.717, 1.165) is 30.2 Å². The van der Waals surface area contributed by atoms with E-state index in [1.54, 1.807) is 12.4 Å². The lowest BCUT2D eigenvalue weighted by atomic mass is 9.92. The SMILES string of the molecule is Cc1ccc(CC2CN(C(=O)Nc3cn[nH]c3-c3nccs3)C2)cc1. The summed E-state index contributed by atoms with van der Waals surface area (Å²) in [6, 6.07) is 8.53. The van der Waals surface area contributed by atoms with E-state index < -0.39 is 0 Å². The van der Waals surface area contributed by atoms with Gasteiger partial charge in [-0.3, -0.25) is 5.10 Å². The van der Waals surface area contributed by atoms with Gasteiger partial charge in [-0.15, -0.1) is 11.3 Å². The number of hydrogen-bond donors (Lipinski definition) is 2. The maximum absolute atomic E-state index is 12.4. The lowest BCUT2D eigenvalue weighted by molar-refractivity contribution is 0.131. The number of amides is 2. The Bertz CT molecular complexity index is 850. The first-order valence-electron chi connectivity index (χ1n) is 8.24. The van der Waals surface area contributed by atoms with E-state index in [9.17, 15) is 4.79 Å². The van der Waals surface area contributed by atoms with Gasteiger partial charge in [0.2, 0.25) is 0 Å². The van der Waals surface area contributed by atoms with Gasteiger partial charge in [-0.2, -0.15) is 5.10 Å². The molecule has 1 aliphatic rings. The second-order valence-electron chi connectivity index (χ2n) is 6.39. The van der Waals surface area contributed by atoms with Gasteiger partial charge in [-0.05, 0) is 24.8 Å². The molecule has 2 N–H and O–H groups in total. The van der Waals surface area contributed by atoms with Crippen molar-refractivity contribution in [3.63, 3.8) is 0 Å². The molecule has 0 aliphatic carbocycles. The second-order valence-corrected chi connectivity index (χ2v) is 7.28. The number of nitrogens with one attached hydrogen (secondary N) is 2. The summed E-state index contributed by atoms with van der Waals surface area (Å²) in [6.07, 6.45) is 4.37. The van der Waals surface area contributed by atoms with Crippen LogP contribution in [-0.4, -0.2) is 39.2 Å². The number of H-pyrrole nitrogens is 1. The van der Waals surface area contributed by atoms with Gasteiger partial charge >= 0.3 is 6.03 Å². The Hall–Kier alpha value is -2.67. The van der Waals surface area contributed by atoms with Crippen LogP contribution in [0, 0.1) is 12.8 Å². The number of aromatic nitrogens is 3. The monoisotopic (exact) mass is 353 g/mol. The molecule has 0 radical (unpaired) electrons. The van der Waals surface area contributed by atoms with Gasteiger partial charge in [-0.25, -0.2) is 9.78 Å². The standard InChI is InChI=1S/C18H19N5OS/c1-12-2-4-13(5-3-12)8-14-10-23(11-14)18(24)21-15-9-20-22-16(15)17-19-6-7-25-17/h2-7,9,14H,8,10-11H2,1H3,(H,20,22)(H,21,24). The van der Waals surface area contributed by atoms with E-state index in [1.807, 2.05) is 10.3 Å². The van der Waals surface area contributed by atoms with Crippen molar-refractivity contribution < 1.29 is 4.79 Å². The number of nitrogens with zero attached hydrogens (tertiary/aromatic N) is 3. The van der Waals surface area contributed by atoms with Crippen LogP contribution in [0.1, 0.15) is 11.1 Å². The quantitative estimate of drug-likeness (QED) is 0.753. The third-order valence-corrected chi connectivity index (χ3v) is 5.21. The van der Waals surface area contributed by atoms with Gasteiger partial charge in [-0.1, -0.05) is 29.8 Å². The number of hydrogen-bond acceptors (Lipinski definition) is 4. The minimum Gasteiger partial charge on any atom is -0.324 e. The Labute approximate surface area is 149 Å². The minimum absolute atomic E-state index is 0.0839. The van der Waals surface area contributed by atoms with Crippen molar-refractivity contribution in [3.8, 4) is 10.7 Å². The number of likely N-dealkylation sites (tertiary alicyclic amines) is 1. The molecule has 2 aromatic heterocycles. The highest BCUT2D eigenvalue weighted by atomic mass is 32.1. The third kappa shape index (κ3) is 3.41. The normalized spacial score (nSPS) is 14.4. The smallest absolute Gasteiger partial charge is 0.321 e. The van der Waals surface area contributed by atoms with Crippen molar-refractivity contribution in [2.24, 2.45) is 5.92 Å². The molecule has 0 unspecified atom stereocenters. The summed E-state index contributed by atoms with van der Waals surface area (Å²) in [6.45, 7) is 3.66. The van der Waals surface area contributed by atoms with Crippen LogP contribution in [0.25, 0.3) is 10.7 Å². The molecule has 3 aromatic rings. The Morgan fingerprint density at radius 3 is 2.88 bits per heavy atom. The number of aryl methyl sites for hydroxylation is 1. The molecule has 1 saturated heterocycles. The van der Waals surface area contributed by atoms with Gasteiger partial charge in [0.25, 0.3) is 0 Å². The maximum Gasteiger partial charge on any atom is 0.321 e. The summed E-state index contributed by atoms with van der Waals surface area (Å²) in [5, 5.41) is 12.6. The van der Waals surface area contributed by atoms with Crippen LogP contribution in [0.5, 0.6) is 0 Å². The molecule has 6 nitrogen and oxygen atoms in total. The summed E-state index contributed by atoms with van der Waals surface area (Å²) in [5.74, 6) is 0.524. The molecule has 1 aromatic carbocycles. The van der Waals surface area contributed by atoms with Crippen LogP contribution >= 0.6 is 11.3 Å². The molecular formula is C18H19N5OS. The fraction of sp³-hybridized carbons (Fsp3) is 0.278. The first-order chi connectivity index (χ1) is 12.2. The Morgan fingerprint density at radius 1 is 1.36 bits per heavy atom. The number of urea groups is 1. The van der Waals surface area contributed by atoms with Crippen LogP contribution in [0.15, 0.2) is 42.0 Å². The van der Waals surface area contributed by atoms with E-state index in [-0.39, 0.29) is 6.03 Å². The van der Waals surface area contributed by atoms with Crippen molar-refractivity contribution in [2.75, 3.05) is 18.4 Å². The number of benzene rings is 1. The van der Waals surface area contributed by atoms with Gasteiger partial charge < -0.3 is 10.2 Å². The zero-order chi connectivity index (χ0) is 17.2. The molecule has 0 bridgehead atoms. The molecule has 2 amide bonds. The average molecular weight is 353 g/mol. The molecule has 7 heteroatoms. The molecule has 0 spiro atoms. The lowest BCUT2D eigenvalue weighted by Crippen LogP contribution is -2.52. The van der Waals surface area contributed by atoms with Gasteiger partial charge in [0.05, 0.1) is 11.9 Å². The largest absolute Gasteiger partial charge is 0.324 e. The van der Waals surface area contributed by atoms with Crippen molar-refractivity contribution in [1.82, 2.24) is 20.1 Å². The number of carbonyl (C=O) groups excluding carboxylic acids is 1. The van der Waals surface area contributed by atoms with Crippen LogP contribution in [0.4, 0.5) is 10.5 Å². The number of aromatic amines is 1. The maximum atomic E-state index is 12.4. The topological polar surface area (TPSA) is 73.9 Å². The van der Waals surface area contributed by atoms with E-state index in [4.69, 9.17) is 0 Å². The fourth-order valence-corrected chi connectivity index (χ4v) is 3.65. The first kappa shape index (κ1) is 15.8. The fourth-order valence-electron chi connectivity index (χ4n) is 3.01. The summed E-state index contributed by atoms with van der Waals surface area (Å²) < 4.78 is 0. The molecule has 3 heterocycles. The van der Waals surface area contributed by atoms with Crippen molar-refractivity contribution in [1.29, 1.82) is 0 Å². The average Bonchev–Trinajstić information content (AvgIpc) is 3.23. The molecule has 4 rings (SSSR count). The van der Waals surface area contributed by atoms with E-state index in [2.05, 4.69) is 51.7 Å². The highest BCUT2D eigenvalue weighted by Gasteiger charge is 2.31.